The largest absolute Gasteiger partial charge is 0.312 e. The minimum Gasteiger partial charge on any atom is -0.312 e. The van der Waals surface area contributed by atoms with Gasteiger partial charge in [-0.3, -0.25) is 0 Å². The molecule has 5 nitrogen and oxygen atoms in total. The van der Waals surface area contributed by atoms with Crippen LogP contribution in [0.4, 0.5) is 0 Å². The van der Waals surface area contributed by atoms with Crippen molar-refractivity contribution in [3.63, 3.8) is 0 Å². The monoisotopic (exact) mass is 199 g/mol. The molecule has 0 aromatic carbocycles. The summed E-state index contributed by atoms with van der Waals surface area (Å²) >= 11 is 1.63. The summed E-state index contributed by atoms with van der Waals surface area (Å²) in [6.45, 7) is 5.40. The zero-order chi connectivity index (χ0) is 9.52. The van der Waals surface area contributed by atoms with E-state index in [-0.39, 0.29) is 0 Å². The molecule has 13 heavy (non-hydrogen) atoms. The van der Waals surface area contributed by atoms with Gasteiger partial charge in [-0.25, -0.2) is 4.68 Å². The van der Waals surface area contributed by atoms with E-state index in [1.54, 1.807) is 16.4 Å². The summed E-state index contributed by atoms with van der Waals surface area (Å²) in [5.41, 5.74) is 0. The van der Waals surface area contributed by atoms with Crippen molar-refractivity contribution in [2.24, 2.45) is 7.05 Å². The van der Waals surface area contributed by atoms with Gasteiger partial charge in [0.15, 0.2) is 0 Å². The van der Waals surface area contributed by atoms with Gasteiger partial charge in [0.05, 0.1) is 0 Å². The van der Waals surface area contributed by atoms with Crippen molar-refractivity contribution in [1.29, 1.82) is 0 Å². The Hall–Kier alpha value is -0.880. The van der Waals surface area contributed by atoms with Gasteiger partial charge in [-0.15, -0.1) is 11.7 Å². The molecule has 1 heterocycles. The number of aromatic nitrogens is 4. The van der Waals surface area contributed by atoms with Crippen molar-refractivity contribution in [2.45, 2.75) is 5.16 Å². The molecule has 0 saturated heterocycles. The molecule has 0 radical (unpaired) electrons. The third-order valence-electron chi connectivity index (χ3n) is 1.38. The van der Waals surface area contributed by atoms with Crippen LogP contribution >= 0.6 is 11.8 Å². The first-order valence-electron chi connectivity index (χ1n) is 4.01. The molecule has 72 valence electrons. The fourth-order valence-electron chi connectivity index (χ4n) is 0.762. The van der Waals surface area contributed by atoms with Gasteiger partial charge in [0.2, 0.25) is 5.16 Å². The standard InChI is InChI=1S/C7H13N5S/c1-3-4-8-5-6-13-7-9-10-11-12(7)2/h3,8H,1,4-6H2,2H3. The van der Waals surface area contributed by atoms with Crippen molar-refractivity contribution in [3.05, 3.63) is 12.7 Å². The average molecular weight is 199 g/mol. The Labute approximate surface area is 81.6 Å². The summed E-state index contributed by atoms with van der Waals surface area (Å²) in [6, 6.07) is 0. The smallest absolute Gasteiger partial charge is 0.209 e. The Bertz CT molecular complexity index is 259. The average Bonchev–Trinajstić information content (AvgIpc) is 2.52. The van der Waals surface area contributed by atoms with E-state index in [2.05, 4.69) is 27.4 Å². The summed E-state index contributed by atoms with van der Waals surface area (Å²) in [7, 11) is 1.83. The second-order valence-corrected chi connectivity index (χ2v) is 3.49. The first kappa shape index (κ1) is 10.2. The molecule has 0 aliphatic rings. The maximum absolute atomic E-state index is 3.85. The predicted octanol–water partition coefficient (Wildman–Crippen LogP) is 0.0778. The maximum atomic E-state index is 3.85. The van der Waals surface area contributed by atoms with Crippen molar-refractivity contribution < 1.29 is 0 Å². The summed E-state index contributed by atoms with van der Waals surface area (Å²) in [5.74, 6) is 0.960. The van der Waals surface area contributed by atoms with Crippen molar-refractivity contribution in [1.82, 2.24) is 25.5 Å². The normalized spacial score (nSPS) is 10.2. The number of hydrogen-bond donors (Lipinski definition) is 1. The molecule has 0 aliphatic carbocycles. The molecule has 6 heteroatoms. The van der Waals surface area contributed by atoms with Crippen LogP contribution in [0.15, 0.2) is 17.8 Å². The van der Waals surface area contributed by atoms with Crippen molar-refractivity contribution in [2.75, 3.05) is 18.8 Å². The molecule has 0 spiro atoms. The maximum Gasteiger partial charge on any atom is 0.209 e. The second-order valence-electron chi connectivity index (χ2n) is 2.43. The van der Waals surface area contributed by atoms with Crippen LogP contribution in [-0.2, 0) is 7.05 Å². The number of nitrogens with one attached hydrogen (secondary N) is 1. The molecule has 0 bridgehead atoms. The Morgan fingerprint density at radius 1 is 1.69 bits per heavy atom. The highest BCUT2D eigenvalue weighted by atomic mass is 32.2. The van der Waals surface area contributed by atoms with E-state index < -0.39 is 0 Å². The molecule has 0 saturated carbocycles. The summed E-state index contributed by atoms with van der Waals surface area (Å²) in [6.07, 6.45) is 1.84. The van der Waals surface area contributed by atoms with Crippen LogP contribution in [-0.4, -0.2) is 39.0 Å². The van der Waals surface area contributed by atoms with Gasteiger partial charge in [-0.1, -0.05) is 17.8 Å². The van der Waals surface area contributed by atoms with Crippen molar-refractivity contribution in [3.8, 4) is 0 Å². The minimum absolute atomic E-state index is 0.845. The zero-order valence-corrected chi connectivity index (χ0v) is 8.42. The first-order valence-corrected chi connectivity index (χ1v) is 5.00. The number of nitrogens with zero attached hydrogens (tertiary/aromatic N) is 4. The molecule has 1 aromatic rings. The van der Waals surface area contributed by atoms with Gasteiger partial charge in [-0.05, 0) is 10.4 Å². The number of tetrazole rings is 1. The van der Waals surface area contributed by atoms with Crippen LogP contribution in [0, 0.1) is 0 Å². The lowest BCUT2D eigenvalue weighted by atomic mass is 10.6. The topological polar surface area (TPSA) is 55.6 Å². The quantitative estimate of drug-likeness (QED) is 0.399. The second kappa shape index (κ2) is 5.71. The molecular weight excluding hydrogens is 186 g/mol. The molecular formula is C7H13N5S. The van der Waals surface area contributed by atoms with E-state index in [0.717, 1.165) is 24.0 Å². The molecule has 0 atom stereocenters. The third kappa shape index (κ3) is 3.56. The number of hydrogen-bond acceptors (Lipinski definition) is 5. The van der Waals surface area contributed by atoms with Gasteiger partial charge in [0.25, 0.3) is 0 Å². The Morgan fingerprint density at radius 3 is 3.15 bits per heavy atom. The number of rotatable bonds is 6. The van der Waals surface area contributed by atoms with E-state index in [1.807, 2.05) is 13.1 Å². The van der Waals surface area contributed by atoms with Crippen molar-refractivity contribution >= 4 is 11.8 Å². The van der Waals surface area contributed by atoms with Crippen LogP contribution in [0.3, 0.4) is 0 Å². The predicted molar refractivity (Wildman–Crippen MR) is 52.6 cm³/mol. The van der Waals surface area contributed by atoms with Crippen LogP contribution in [0.25, 0.3) is 0 Å². The van der Waals surface area contributed by atoms with Crippen LogP contribution in [0.1, 0.15) is 0 Å². The van der Waals surface area contributed by atoms with E-state index in [1.165, 1.54) is 0 Å². The number of thioether (sulfide) groups is 1. The van der Waals surface area contributed by atoms with Gasteiger partial charge < -0.3 is 5.32 Å². The summed E-state index contributed by atoms with van der Waals surface area (Å²) < 4.78 is 1.66. The highest BCUT2D eigenvalue weighted by Gasteiger charge is 2.00. The lowest BCUT2D eigenvalue weighted by Gasteiger charge is -1.99. The molecule has 1 aromatic heterocycles. The summed E-state index contributed by atoms with van der Waals surface area (Å²) in [5, 5.41) is 15.2. The molecule has 0 amide bonds. The molecule has 0 aliphatic heterocycles. The lowest BCUT2D eigenvalue weighted by Crippen LogP contribution is -2.16. The van der Waals surface area contributed by atoms with Crippen LogP contribution < -0.4 is 5.32 Å². The van der Waals surface area contributed by atoms with E-state index in [4.69, 9.17) is 0 Å². The van der Waals surface area contributed by atoms with Crippen LogP contribution in [0.5, 0.6) is 0 Å². The molecule has 1 N–H and O–H groups in total. The number of aryl methyl sites for hydroxylation is 1. The lowest BCUT2D eigenvalue weighted by molar-refractivity contribution is 0.664. The summed E-state index contributed by atoms with van der Waals surface area (Å²) in [4.78, 5) is 0. The van der Waals surface area contributed by atoms with Crippen LogP contribution in [0.2, 0.25) is 0 Å². The molecule has 0 fully saturated rings. The molecule has 0 unspecified atom stereocenters. The first-order chi connectivity index (χ1) is 6.34. The SMILES string of the molecule is C=CCNCCSc1nnnn1C. The highest BCUT2D eigenvalue weighted by Crippen LogP contribution is 2.10. The van der Waals surface area contributed by atoms with E-state index in [9.17, 15) is 0 Å². The van der Waals surface area contributed by atoms with E-state index >= 15 is 0 Å². The van der Waals surface area contributed by atoms with Gasteiger partial charge >= 0.3 is 0 Å². The Morgan fingerprint density at radius 2 is 2.54 bits per heavy atom. The minimum atomic E-state index is 0.845. The third-order valence-corrected chi connectivity index (χ3v) is 2.39. The fourth-order valence-corrected chi connectivity index (χ4v) is 1.51. The van der Waals surface area contributed by atoms with Gasteiger partial charge in [0, 0.05) is 25.9 Å². The fraction of sp³-hybridized carbons (Fsp3) is 0.571. The van der Waals surface area contributed by atoms with E-state index in [0.29, 0.717) is 0 Å². The Balaban J connectivity index is 2.13. The van der Waals surface area contributed by atoms with Gasteiger partial charge in [-0.2, -0.15) is 0 Å². The Kier molecular flexibility index (Phi) is 4.48. The van der Waals surface area contributed by atoms with Gasteiger partial charge in [0.1, 0.15) is 0 Å². The zero-order valence-electron chi connectivity index (χ0n) is 7.60. The highest BCUT2D eigenvalue weighted by molar-refractivity contribution is 7.99. The molecule has 1 rings (SSSR count).